The van der Waals surface area contributed by atoms with Gasteiger partial charge in [0, 0.05) is 23.5 Å². The summed E-state index contributed by atoms with van der Waals surface area (Å²) >= 11 is 3.46. The second kappa shape index (κ2) is 14.1. The number of hydrogen-bond donors (Lipinski definition) is 1. The molecule has 0 radical (unpaired) electrons. The van der Waals surface area contributed by atoms with Crippen molar-refractivity contribution in [1.82, 2.24) is 10.2 Å². The molecule has 0 spiro atoms. The molecule has 3 aromatic carbocycles. The summed E-state index contributed by atoms with van der Waals surface area (Å²) in [6.45, 7) is 1.77. The quantitative estimate of drug-likeness (QED) is 0.284. The second-order valence-electron chi connectivity index (χ2n) is 10.6. The van der Waals surface area contributed by atoms with E-state index in [-0.39, 0.29) is 18.5 Å². The maximum absolute atomic E-state index is 14.2. The van der Waals surface area contributed by atoms with E-state index in [0.717, 1.165) is 63.8 Å². The normalized spacial score (nSPS) is 14.4. The number of carbonyl (C=O) groups is 2. The smallest absolute Gasteiger partial charge is 0.244 e. The molecule has 1 unspecified atom stereocenters. The van der Waals surface area contributed by atoms with Gasteiger partial charge in [0.05, 0.1) is 11.9 Å². The largest absolute Gasteiger partial charge is 0.352 e. The third-order valence-corrected chi connectivity index (χ3v) is 9.22. The van der Waals surface area contributed by atoms with Crippen molar-refractivity contribution < 1.29 is 18.0 Å². The molecule has 0 saturated heterocycles. The van der Waals surface area contributed by atoms with Crippen LogP contribution in [0.5, 0.6) is 0 Å². The number of benzene rings is 3. The lowest BCUT2D eigenvalue weighted by atomic mass is 10.0. The van der Waals surface area contributed by atoms with Gasteiger partial charge in [-0.25, -0.2) is 8.42 Å². The van der Waals surface area contributed by atoms with Gasteiger partial charge in [-0.15, -0.1) is 0 Å². The van der Waals surface area contributed by atoms with E-state index in [4.69, 9.17) is 0 Å². The van der Waals surface area contributed by atoms with E-state index >= 15 is 0 Å². The number of sulfonamides is 1. The fraction of sp³-hybridized carbons (Fsp3) is 0.375. The SMILES string of the molecule is CCc1ccc(N(CC(=O)N(Cc2ccc(Br)cc2)C(Cc2ccccc2)C(=O)NC2CCCC2)S(C)(=O)=O)cc1. The number of amides is 2. The van der Waals surface area contributed by atoms with Crippen LogP contribution in [-0.2, 0) is 39.0 Å². The highest BCUT2D eigenvalue weighted by Gasteiger charge is 2.34. The van der Waals surface area contributed by atoms with Gasteiger partial charge in [0.1, 0.15) is 12.6 Å². The Hall–Kier alpha value is -3.17. The first-order valence-corrected chi connectivity index (χ1v) is 16.7. The summed E-state index contributed by atoms with van der Waals surface area (Å²) in [5, 5.41) is 3.19. The first-order chi connectivity index (χ1) is 19.6. The first-order valence-electron chi connectivity index (χ1n) is 14.1. The number of hydrogen-bond acceptors (Lipinski definition) is 4. The summed E-state index contributed by atoms with van der Waals surface area (Å²) in [5.41, 5.74) is 3.24. The summed E-state index contributed by atoms with van der Waals surface area (Å²) in [4.78, 5) is 29.6. The molecular formula is C32H38BrN3O4S. The van der Waals surface area contributed by atoms with Gasteiger partial charge in [-0.1, -0.05) is 90.3 Å². The van der Waals surface area contributed by atoms with Gasteiger partial charge < -0.3 is 10.2 Å². The summed E-state index contributed by atoms with van der Waals surface area (Å²) in [5.74, 6) is -0.662. The average Bonchev–Trinajstić information content (AvgIpc) is 3.47. The summed E-state index contributed by atoms with van der Waals surface area (Å²) in [7, 11) is -3.79. The van der Waals surface area contributed by atoms with Crippen molar-refractivity contribution in [2.24, 2.45) is 0 Å². The van der Waals surface area contributed by atoms with Gasteiger partial charge in [-0.2, -0.15) is 0 Å². The van der Waals surface area contributed by atoms with E-state index < -0.39 is 28.5 Å². The van der Waals surface area contributed by atoms with Crippen LogP contribution in [0.1, 0.15) is 49.3 Å². The minimum absolute atomic E-state index is 0.0787. The predicted molar refractivity (Wildman–Crippen MR) is 167 cm³/mol. The predicted octanol–water partition coefficient (Wildman–Crippen LogP) is 5.48. The fourth-order valence-corrected chi connectivity index (χ4v) is 6.33. The average molecular weight is 641 g/mol. The van der Waals surface area contributed by atoms with Gasteiger partial charge in [0.2, 0.25) is 21.8 Å². The summed E-state index contributed by atoms with van der Waals surface area (Å²) in [6.07, 6.45) is 6.19. The molecule has 1 saturated carbocycles. The van der Waals surface area contributed by atoms with Crippen LogP contribution >= 0.6 is 15.9 Å². The molecule has 218 valence electrons. The lowest BCUT2D eigenvalue weighted by Gasteiger charge is -2.34. The first kappa shape index (κ1) is 30.8. The van der Waals surface area contributed by atoms with E-state index in [1.54, 1.807) is 17.0 Å². The molecule has 0 aliphatic heterocycles. The van der Waals surface area contributed by atoms with Crippen molar-refractivity contribution in [1.29, 1.82) is 0 Å². The fourth-order valence-electron chi connectivity index (χ4n) is 5.22. The molecule has 3 aromatic rings. The van der Waals surface area contributed by atoms with Crippen LogP contribution in [0.25, 0.3) is 0 Å². The number of halogens is 1. The number of carbonyl (C=O) groups excluding carboxylic acids is 2. The minimum atomic E-state index is -3.79. The molecule has 1 fully saturated rings. The number of aryl methyl sites for hydroxylation is 1. The van der Waals surface area contributed by atoms with Crippen LogP contribution < -0.4 is 9.62 Å². The van der Waals surface area contributed by atoms with Gasteiger partial charge in [-0.3, -0.25) is 13.9 Å². The van der Waals surface area contributed by atoms with E-state index in [1.165, 1.54) is 0 Å². The minimum Gasteiger partial charge on any atom is -0.352 e. The number of nitrogens with one attached hydrogen (secondary N) is 1. The zero-order valence-electron chi connectivity index (χ0n) is 23.6. The van der Waals surface area contributed by atoms with E-state index in [9.17, 15) is 18.0 Å². The lowest BCUT2D eigenvalue weighted by molar-refractivity contribution is -0.140. The lowest BCUT2D eigenvalue weighted by Crippen LogP contribution is -2.54. The molecule has 0 aromatic heterocycles. The Morgan fingerprint density at radius 3 is 2.10 bits per heavy atom. The van der Waals surface area contributed by atoms with Crippen molar-refractivity contribution in [3.05, 3.63) is 100 Å². The van der Waals surface area contributed by atoms with Gasteiger partial charge in [-0.05, 0) is 60.2 Å². The molecule has 41 heavy (non-hydrogen) atoms. The molecule has 1 atom stereocenters. The Labute approximate surface area is 252 Å². The van der Waals surface area contributed by atoms with Crippen LogP contribution in [0.15, 0.2) is 83.3 Å². The molecule has 0 heterocycles. The Kier molecular flexibility index (Phi) is 10.6. The van der Waals surface area contributed by atoms with Gasteiger partial charge in [0.15, 0.2) is 0 Å². The highest BCUT2D eigenvalue weighted by atomic mass is 79.9. The van der Waals surface area contributed by atoms with Crippen LogP contribution in [0.4, 0.5) is 5.69 Å². The molecule has 1 N–H and O–H groups in total. The third-order valence-electron chi connectivity index (χ3n) is 7.55. The van der Waals surface area contributed by atoms with E-state index in [2.05, 4.69) is 21.2 Å². The van der Waals surface area contributed by atoms with Gasteiger partial charge >= 0.3 is 0 Å². The Balaban J connectivity index is 1.71. The van der Waals surface area contributed by atoms with Crippen molar-refractivity contribution >= 4 is 43.5 Å². The highest BCUT2D eigenvalue weighted by molar-refractivity contribution is 9.10. The van der Waals surface area contributed by atoms with Crippen LogP contribution in [0, 0.1) is 0 Å². The maximum Gasteiger partial charge on any atom is 0.244 e. The second-order valence-corrected chi connectivity index (χ2v) is 13.5. The molecule has 2 amide bonds. The zero-order chi connectivity index (χ0) is 29.4. The molecule has 1 aliphatic rings. The van der Waals surface area contributed by atoms with E-state index in [1.807, 2.05) is 73.7 Å². The Morgan fingerprint density at radius 2 is 1.51 bits per heavy atom. The third kappa shape index (κ3) is 8.66. The zero-order valence-corrected chi connectivity index (χ0v) is 26.0. The van der Waals surface area contributed by atoms with E-state index in [0.29, 0.717) is 12.1 Å². The molecular weight excluding hydrogens is 602 g/mol. The van der Waals surface area contributed by atoms with Crippen LogP contribution in [0.2, 0.25) is 0 Å². The van der Waals surface area contributed by atoms with Crippen molar-refractivity contribution in [2.45, 2.75) is 64.1 Å². The summed E-state index contributed by atoms with van der Waals surface area (Å²) < 4.78 is 27.9. The standard InChI is InChI=1S/C32H38BrN3O4S/c1-3-24-15-19-29(20-16-24)36(41(2,39)40)23-31(37)35(22-26-13-17-27(33)18-14-26)30(21-25-9-5-4-6-10-25)32(38)34-28-11-7-8-12-28/h4-6,9-10,13-20,28,30H,3,7-8,11-12,21-23H2,1-2H3,(H,34,38). The Morgan fingerprint density at radius 1 is 0.902 bits per heavy atom. The topological polar surface area (TPSA) is 86.8 Å². The maximum atomic E-state index is 14.2. The molecule has 0 bridgehead atoms. The molecule has 9 heteroatoms. The van der Waals surface area contributed by atoms with Gasteiger partial charge in [0.25, 0.3) is 0 Å². The highest BCUT2D eigenvalue weighted by Crippen LogP contribution is 2.23. The number of nitrogens with zero attached hydrogens (tertiary/aromatic N) is 2. The molecule has 7 nitrogen and oxygen atoms in total. The Bertz CT molecular complexity index is 1410. The van der Waals surface area contributed by atoms with Crippen molar-refractivity contribution in [3.8, 4) is 0 Å². The van der Waals surface area contributed by atoms with Crippen molar-refractivity contribution in [2.75, 3.05) is 17.1 Å². The summed E-state index contributed by atoms with van der Waals surface area (Å²) in [6, 6.07) is 23.6. The number of anilines is 1. The van der Waals surface area contributed by atoms with Crippen LogP contribution in [-0.4, -0.2) is 50.0 Å². The molecule has 1 aliphatic carbocycles. The molecule has 4 rings (SSSR count). The monoisotopic (exact) mass is 639 g/mol. The van der Waals surface area contributed by atoms with Crippen LogP contribution in [0.3, 0.4) is 0 Å². The number of rotatable bonds is 12. The van der Waals surface area contributed by atoms with Crippen molar-refractivity contribution in [3.63, 3.8) is 0 Å².